The zero-order valence-electron chi connectivity index (χ0n) is 14.5. The Morgan fingerprint density at radius 2 is 2.12 bits per heavy atom. The van der Waals surface area contributed by atoms with Crippen LogP contribution in [0, 0.1) is 5.92 Å². The molecule has 2 heterocycles. The Morgan fingerprint density at radius 1 is 1.38 bits per heavy atom. The number of methoxy groups -OCH3 is 1. The number of anilines is 1. The number of sulfone groups is 1. The van der Waals surface area contributed by atoms with Crippen molar-refractivity contribution in [2.75, 3.05) is 31.9 Å². The van der Waals surface area contributed by atoms with E-state index in [1.165, 1.54) is 24.7 Å². The Labute approximate surface area is 156 Å². The summed E-state index contributed by atoms with van der Waals surface area (Å²) in [5, 5.41) is 5.07. The van der Waals surface area contributed by atoms with Gasteiger partial charge in [-0.05, 0) is 18.6 Å². The quantitative estimate of drug-likeness (QED) is 0.804. The number of carbonyl (C=O) groups excluding carboxylic acids is 1. The van der Waals surface area contributed by atoms with Crippen LogP contribution in [-0.4, -0.2) is 52.0 Å². The van der Waals surface area contributed by atoms with Crippen molar-refractivity contribution in [2.24, 2.45) is 5.92 Å². The number of nitrogens with one attached hydrogen (secondary N) is 1. The molecule has 2 unspecified atom stereocenters. The van der Waals surface area contributed by atoms with Crippen LogP contribution in [0.15, 0.2) is 34.5 Å². The number of hydrogen-bond donors (Lipinski definition) is 1. The van der Waals surface area contributed by atoms with Crippen molar-refractivity contribution in [1.29, 1.82) is 0 Å². The maximum Gasteiger partial charge on any atom is 0.255 e. The number of ether oxygens (including phenoxy) is 2. The van der Waals surface area contributed by atoms with Crippen molar-refractivity contribution in [1.82, 2.24) is 4.98 Å². The van der Waals surface area contributed by atoms with Gasteiger partial charge in [-0.1, -0.05) is 12.1 Å². The molecule has 1 saturated heterocycles. The summed E-state index contributed by atoms with van der Waals surface area (Å²) in [6.45, 7) is 1.16. The Bertz CT molecular complexity index is 871. The highest BCUT2D eigenvalue weighted by Gasteiger charge is 2.31. The molecule has 3 rings (SSSR count). The lowest BCUT2D eigenvalue weighted by Gasteiger charge is -2.19. The molecule has 1 aliphatic heterocycles. The molecule has 0 aliphatic carbocycles. The summed E-state index contributed by atoms with van der Waals surface area (Å²) in [4.78, 5) is 17.1. The highest BCUT2D eigenvalue weighted by atomic mass is 32.2. The number of carbonyl (C=O) groups is 1. The van der Waals surface area contributed by atoms with E-state index in [2.05, 4.69) is 10.3 Å². The predicted octanol–water partition coefficient (Wildman–Crippen LogP) is 2.20. The van der Waals surface area contributed by atoms with Gasteiger partial charge in [0, 0.05) is 36.8 Å². The van der Waals surface area contributed by atoms with Gasteiger partial charge in [0.05, 0.1) is 17.2 Å². The van der Waals surface area contributed by atoms with Crippen molar-refractivity contribution in [3.63, 3.8) is 0 Å². The molecule has 0 saturated carbocycles. The molecular formula is C17H20N2O5S2. The van der Waals surface area contributed by atoms with Crippen LogP contribution >= 0.6 is 11.3 Å². The van der Waals surface area contributed by atoms with Gasteiger partial charge in [0.25, 0.3) is 5.91 Å². The molecule has 1 aromatic heterocycles. The zero-order valence-corrected chi connectivity index (χ0v) is 16.1. The van der Waals surface area contributed by atoms with Gasteiger partial charge in [-0.25, -0.2) is 13.4 Å². The van der Waals surface area contributed by atoms with E-state index in [-0.39, 0.29) is 16.7 Å². The van der Waals surface area contributed by atoms with Crippen molar-refractivity contribution >= 4 is 32.2 Å². The normalized spacial score (nSPS) is 18.6. The van der Waals surface area contributed by atoms with Gasteiger partial charge in [0.15, 0.2) is 15.0 Å². The molecule has 1 fully saturated rings. The number of rotatable bonds is 6. The first-order chi connectivity index (χ1) is 12.4. The molecule has 2 atom stereocenters. The van der Waals surface area contributed by atoms with Crippen molar-refractivity contribution in [3.8, 4) is 11.3 Å². The van der Waals surface area contributed by atoms with E-state index in [1.54, 1.807) is 24.3 Å². The number of benzene rings is 1. The minimum atomic E-state index is -3.23. The minimum Gasteiger partial charge on any atom is -0.381 e. The summed E-state index contributed by atoms with van der Waals surface area (Å²) < 4.78 is 33.7. The van der Waals surface area contributed by atoms with E-state index >= 15 is 0 Å². The summed E-state index contributed by atoms with van der Waals surface area (Å²) in [7, 11) is -1.72. The lowest BCUT2D eigenvalue weighted by Crippen LogP contribution is -2.36. The van der Waals surface area contributed by atoms with Crippen LogP contribution in [0.1, 0.15) is 6.42 Å². The number of amides is 1. The number of thiazole rings is 1. The van der Waals surface area contributed by atoms with Crippen LogP contribution in [0.3, 0.4) is 0 Å². The molecule has 1 aromatic carbocycles. The molecule has 140 valence electrons. The van der Waals surface area contributed by atoms with Gasteiger partial charge in [-0.15, -0.1) is 11.3 Å². The molecule has 0 radical (unpaired) electrons. The van der Waals surface area contributed by atoms with Gasteiger partial charge in [0.1, 0.15) is 6.10 Å². The summed E-state index contributed by atoms with van der Waals surface area (Å²) in [5.74, 6) is -0.195. The fourth-order valence-electron chi connectivity index (χ4n) is 2.82. The topological polar surface area (TPSA) is 94.6 Å². The summed E-state index contributed by atoms with van der Waals surface area (Å²) in [6, 6.07) is 6.49. The molecule has 0 bridgehead atoms. The molecule has 1 aliphatic rings. The van der Waals surface area contributed by atoms with Crippen LogP contribution < -0.4 is 5.32 Å². The van der Waals surface area contributed by atoms with Crippen molar-refractivity contribution < 1.29 is 22.7 Å². The van der Waals surface area contributed by atoms with Gasteiger partial charge in [-0.3, -0.25) is 10.1 Å². The molecule has 7 nitrogen and oxygen atoms in total. The molecule has 0 spiro atoms. The van der Waals surface area contributed by atoms with Gasteiger partial charge in [0.2, 0.25) is 0 Å². The molecule has 1 N–H and O–H groups in total. The first-order valence-corrected chi connectivity index (χ1v) is 10.8. The van der Waals surface area contributed by atoms with E-state index < -0.39 is 15.9 Å². The standard InChI is InChI=1S/C17H20N2O5S2/c1-23-15(12-7-8-24-9-12)16(20)19-17-18-14(10-25-17)11-3-5-13(6-4-11)26(2,21)22/h3-6,10,12,15H,7-9H2,1-2H3,(H,18,19,20). The van der Waals surface area contributed by atoms with E-state index in [1.807, 2.05) is 5.38 Å². The van der Waals surface area contributed by atoms with Gasteiger partial charge in [-0.2, -0.15) is 0 Å². The summed E-state index contributed by atoms with van der Waals surface area (Å²) in [5.41, 5.74) is 1.45. The van der Waals surface area contributed by atoms with E-state index in [9.17, 15) is 13.2 Å². The highest BCUT2D eigenvalue weighted by Crippen LogP contribution is 2.27. The van der Waals surface area contributed by atoms with Crippen LogP contribution in [-0.2, 0) is 24.1 Å². The highest BCUT2D eigenvalue weighted by molar-refractivity contribution is 7.90. The summed E-state index contributed by atoms with van der Waals surface area (Å²) >= 11 is 1.30. The fraction of sp³-hybridized carbons (Fsp3) is 0.412. The first-order valence-electron chi connectivity index (χ1n) is 8.06. The van der Waals surface area contributed by atoms with E-state index in [0.29, 0.717) is 24.0 Å². The lowest BCUT2D eigenvalue weighted by molar-refractivity contribution is -0.128. The van der Waals surface area contributed by atoms with Crippen LogP contribution in [0.2, 0.25) is 0 Å². The van der Waals surface area contributed by atoms with Crippen LogP contribution in [0.25, 0.3) is 11.3 Å². The Hall–Kier alpha value is -1.81. The Kier molecular flexibility index (Phi) is 5.71. The SMILES string of the molecule is COC(C(=O)Nc1nc(-c2ccc(S(C)(=O)=O)cc2)cs1)C1CCOC1. The van der Waals surface area contributed by atoms with Crippen molar-refractivity contribution in [2.45, 2.75) is 17.4 Å². The number of hydrogen-bond acceptors (Lipinski definition) is 7. The molecule has 2 aromatic rings. The van der Waals surface area contributed by atoms with E-state index in [4.69, 9.17) is 9.47 Å². The monoisotopic (exact) mass is 396 g/mol. The largest absolute Gasteiger partial charge is 0.381 e. The zero-order chi connectivity index (χ0) is 18.7. The Balaban J connectivity index is 1.70. The van der Waals surface area contributed by atoms with E-state index in [0.717, 1.165) is 12.0 Å². The third-order valence-corrected chi connectivity index (χ3v) is 6.10. The smallest absolute Gasteiger partial charge is 0.255 e. The second kappa shape index (κ2) is 7.83. The summed E-state index contributed by atoms with van der Waals surface area (Å²) in [6.07, 6.45) is 1.39. The first kappa shape index (κ1) is 19.0. The lowest BCUT2D eigenvalue weighted by atomic mass is 10.0. The van der Waals surface area contributed by atoms with Gasteiger partial charge >= 0.3 is 0 Å². The maximum absolute atomic E-state index is 12.4. The minimum absolute atomic E-state index is 0.0444. The molecule has 26 heavy (non-hydrogen) atoms. The van der Waals surface area contributed by atoms with Crippen molar-refractivity contribution in [3.05, 3.63) is 29.6 Å². The van der Waals surface area contributed by atoms with Gasteiger partial charge < -0.3 is 9.47 Å². The van der Waals surface area contributed by atoms with Crippen LogP contribution in [0.5, 0.6) is 0 Å². The second-order valence-electron chi connectivity index (χ2n) is 6.10. The Morgan fingerprint density at radius 3 is 2.69 bits per heavy atom. The molecule has 9 heteroatoms. The number of nitrogens with zero attached hydrogens (tertiary/aromatic N) is 1. The average molecular weight is 396 g/mol. The molecular weight excluding hydrogens is 376 g/mol. The fourth-order valence-corrected chi connectivity index (χ4v) is 4.17. The number of aromatic nitrogens is 1. The maximum atomic E-state index is 12.4. The molecule has 1 amide bonds. The van der Waals surface area contributed by atoms with Crippen LogP contribution in [0.4, 0.5) is 5.13 Å². The third kappa shape index (κ3) is 4.29. The second-order valence-corrected chi connectivity index (χ2v) is 8.98. The average Bonchev–Trinajstić information content (AvgIpc) is 3.27. The third-order valence-electron chi connectivity index (χ3n) is 4.22. The predicted molar refractivity (Wildman–Crippen MR) is 99.0 cm³/mol.